The number of likely N-dealkylation sites (N-methyl/N-ethyl adjacent to an activating group) is 1. The van der Waals surface area contributed by atoms with Gasteiger partial charge in [-0.3, -0.25) is 14.6 Å². The Morgan fingerprint density at radius 3 is 2.79 bits per heavy atom. The molecule has 0 saturated heterocycles. The Balaban J connectivity index is 2.14. The lowest BCUT2D eigenvalue weighted by Gasteiger charge is -2.15. The molecule has 0 fully saturated rings. The van der Waals surface area contributed by atoms with Crippen LogP contribution in [0.5, 0.6) is 0 Å². The second kappa shape index (κ2) is 5.87. The standard InChI is InChI=1S/C13H13N3O2S/c1-16(18-2)13(17)11-8-19-12(15-11)10-5-3-9(7-14)4-6-10/h3-6,11H,8H2,1-2H3. The maximum Gasteiger partial charge on any atom is 0.271 e. The summed E-state index contributed by atoms with van der Waals surface area (Å²) in [6, 6.07) is 8.85. The van der Waals surface area contributed by atoms with Gasteiger partial charge in [-0.2, -0.15) is 5.26 Å². The average Bonchev–Trinajstić information content (AvgIpc) is 2.95. The summed E-state index contributed by atoms with van der Waals surface area (Å²) in [5.41, 5.74) is 1.54. The van der Waals surface area contributed by atoms with Gasteiger partial charge in [0.05, 0.1) is 23.8 Å². The number of benzene rings is 1. The van der Waals surface area contributed by atoms with Crippen LogP contribution in [0, 0.1) is 11.3 Å². The molecule has 1 atom stereocenters. The Bertz CT molecular complexity index is 548. The molecule has 2 rings (SSSR count). The molecule has 1 aliphatic rings. The molecule has 0 spiro atoms. The highest BCUT2D eigenvalue weighted by Gasteiger charge is 2.28. The van der Waals surface area contributed by atoms with E-state index in [4.69, 9.17) is 10.1 Å². The van der Waals surface area contributed by atoms with Gasteiger partial charge in [0.15, 0.2) is 0 Å². The molecule has 0 aromatic heterocycles. The van der Waals surface area contributed by atoms with Crippen molar-refractivity contribution >= 4 is 22.7 Å². The van der Waals surface area contributed by atoms with Gasteiger partial charge >= 0.3 is 0 Å². The van der Waals surface area contributed by atoms with Gasteiger partial charge in [-0.15, -0.1) is 11.8 Å². The van der Waals surface area contributed by atoms with Crippen LogP contribution in [-0.4, -0.2) is 42.0 Å². The maximum atomic E-state index is 11.9. The minimum absolute atomic E-state index is 0.154. The predicted molar refractivity (Wildman–Crippen MR) is 73.7 cm³/mol. The minimum Gasteiger partial charge on any atom is -0.274 e. The maximum absolute atomic E-state index is 11.9. The number of hydrogen-bond donors (Lipinski definition) is 0. The summed E-state index contributed by atoms with van der Waals surface area (Å²) in [4.78, 5) is 21.2. The Labute approximate surface area is 115 Å². The summed E-state index contributed by atoms with van der Waals surface area (Å²) in [5.74, 6) is 0.459. The van der Waals surface area contributed by atoms with E-state index in [0.717, 1.165) is 10.6 Å². The van der Waals surface area contributed by atoms with Gasteiger partial charge in [0, 0.05) is 18.4 Å². The Hall–Kier alpha value is -1.84. The molecule has 0 radical (unpaired) electrons. The van der Waals surface area contributed by atoms with Crippen molar-refractivity contribution in [3.63, 3.8) is 0 Å². The largest absolute Gasteiger partial charge is 0.274 e. The van der Waals surface area contributed by atoms with E-state index in [1.165, 1.54) is 23.9 Å². The Kier molecular flexibility index (Phi) is 4.20. The second-order valence-corrected chi connectivity index (χ2v) is 4.98. The molecule has 1 aliphatic heterocycles. The number of amides is 1. The first-order chi connectivity index (χ1) is 9.15. The summed E-state index contributed by atoms with van der Waals surface area (Å²) < 4.78 is 0. The van der Waals surface area contributed by atoms with E-state index in [1.807, 2.05) is 12.1 Å². The first-order valence-electron chi connectivity index (χ1n) is 5.68. The zero-order valence-corrected chi connectivity index (χ0v) is 11.5. The van der Waals surface area contributed by atoms with Crippen molar-refractivity contribution in [2.24, 2.45) is 4.99 Å². The van der Waals surface area contributed by atoms with Crippen molar-refractivity contribution in [2.45, 2.75) is 6.04 Å². The Morgan fingerprint density at radius 2 is 2.21 bits per heavy atom. The highest BCUT2D eigenvalue weighted by atomic mass is 32.2. The van der Waals surface area contributed by atoms with Crippen molar-refractivity contribution in [2.75, 3.05) is 19.9 Å². The molecular weight excluding hydrogens is 262 g/mol. The van der Waals surface area contributed by atoms with E-state index in [2.05, 4.69) is 11.1 Å². The number of carbonyl (C=O) groups is 1. The molecule has 5 nitrogen and oxygen atoms in total. The number of thioether (sulfide) groups is 1. The molecule has 98 valence electrons. The molecular formula is C13H13N3O2S. The number of carbonyl (C=O) groups excluding carboxylic acids is 1. The third-order valence-corrected chi connectivity index (χ3v) is 3.88. The lowest BCUT2D eigenvalue weighted by molar-refractivity contribution is -0.169. The molecule has 0 N–H and O–H groups in total. The van der Waals surface area contributed by atoms with Crippen LogP contribution in [0.4, 0.5) is 0 Å². The van der Waals surface area contributed by atoms with Crippen LogP contribution >= 0.6 is 11.8 Å². The van der Waals surface area contributed by atoms with Crippen LogP contribution in [-0.2, 0) is 9.63 Å². The summed E-state index contributed by atoms with van der Waals surface area (Å²) in [7, 11) is 3.02. The molecule has 1 heterocycles. The number of nitriles is 1. The lowest BCUT2D eigenvalue weighted by Crippen LogP contribution is -2.34. The first-order valence-corrected chi connectivity index (χ1v) is 6.67. The number of nitrogens with zero attached hydrogens (tertiary/aromatic N) is 3. The quantitative estimate of drug-likeness (QED) is 0.783. The van der Waals surface area contributed by atoms with Crippen LogP contribution in [0.15, 0.2) is 29.3 Å². The van der Waals surface area contributed by atoms with E-state index in [9.17, 15) is 4.79 Å². The third kappa shape index (κ3) is 2.95. The van der Waals surface area contributed by atoms with Gasteiger partial charge in [0.2, 0.25) is 0 Å². The van der Waals surface area contributed by atoms with Gasteiger partial charge in [-0.25, -0.2) is 5.06 Å². The van der Waals surface area contributed by atoms with E-state index in [0.29, 0.717) is 11.3 Å². The fourth-order valence-corrected chi connectivity index (χ4v) is 2.68. The first kappa shape index (κ1) is 13.6. The zero-order valence-electron chi connectivity index (χ0n) is 10.7. The SMILES string of the molecule is CON(C)C(=O)C1CSC(c2ccc(C#N)cc2)=N1. The Morgan fingerprint density at radius 1 is 1.53 bits per heavy atom. The molecule has 1 aromatic rings. The van der Waals surface area contributed by atoms with Crippen LogP contribution < -0.4 is 0 Å². The van der Waals surface area contributed by atoms with Crippen LogP contribution in [0.2, 0.25) is 0 Å². The average molecular weight is 275 g/mol. The number of rotatable bonds is 3. The predicted octanol–water partition coefficient (Wildman–Crippen LogP) is 1.44. The summed E-state index contributed by atoms with van der Waals surface area (Å²) in [6.07, 6.45) is 0. The monoisotopic (exact) mass is 275 g/mol. The topological polar surface area (TPSA) is 65.7 Å². The second-order valence-electron chi connectivity index (χ2n) is 3.97. The van der Waals surface area contributed by atoms with Crippen molar-refractivity contribution < 1.29 is 9.63 Å². The lowest BCUT2D eigenvalue weighted by atomic mass is 10.1. The fraction of sp³-hybridized carbons (Fsp3) is 0.308. The highest BCUT2D eigenvalue weighted by molar-refractivity contribution is 8.14. The minimum atomic E-state index is -0.402. The summed E-state index contributed by atoms with van der Waals surface area (Å²) >= 11 is 1.54. The molecule has 0 aliphatic carbocycles. The van der Waals surface area contributed by atoms with E-state index in [1.54, 1.807) is 19.2 Å². The van der Waals surface area contributed by atoms with E-state index in [-0.39, 0.29) is 5.91 Å². The van der Waals surface area contributed by atoms with Gasteiger partial charge in [-0.05, 0) is 12.1 Å². The molecule has 1 amide bonds. The van der Waals surface area contributed by atoms with Crippen molar-refractivity contribution in [3.8, 4) is 6.07 Å². The fourth-order valence-electron chi connectivity index (χ4n) is 1.65. The van der Waals surface area contributed by atoms with Crippen molar-refractivity contribution in [1.82, 2.24) is 5.06 Å². The van der Waals surface area contributed by atoms with Gasteiger partial charge in [-0.1, -0.05) is 12.1 Å². The molecule has 1 unspecified atom stereocenters. The number of hydroxylamine groups is 2. The van der Waals surface area contributed by atoms with Crippen LogP contribution in [0.3, 0.4) is 0 Å². The van der Waals surface area contributed by atoms with E-state index >= 15 is 0 Å². The van der Waals surface area contributed by atoms with Crippen LogP contribution in [0.1, 0.15) is 11.1 Å². The van der Waals surface area contributed by atoms with Gasteiger partial charge in [0.1, 0.15) is 6.04 Å². The van der Waals surface area contributed by atoms with Gasteiger partial charge < -0.3 is 0 Å². The smallest absolute Gasteiger partial charge is 0.271 e. The summed E-state index contributed by atoms with van der Waals surface area (Å²) in [5, 5.41) is 10.8. The number of aliphatic imine (C=N–C) groups is 1. The van der Waals surface area contributed by atoms with Crippen molar-refractivity contribution in [1.29, 1.82) is 5.26 Å². The third-order valence-electron chi connectivity index (χ3n) is 2.78. The molecule has 19 heavy (non-hydrogen) atoms. The summed E-state index contributed by atoms with van der Waals surface area (Å²) in [6.45, 7) is 0. The zero-order chi connectivity index (χ0) is 13.8. The van der Waals surface area contributed by atoms with Crippen LogP contribution in [0.25, 0.3) is 0 Å². The normalized spacial score (nSPS) is 17.7. The molecule has 1 aromatic carbocycles. The highest BCUT2D eigenvalue weighted by Crippen LogP contribution is 2.24. The number of hydrogen-bond acceptors (Lipinski definition) is 5. The molecule has 0 bridgehead atoms. The molecule has 6 heteroatoms. The molecule has 0 saturated carbocycles. The van der Waals surface area contributed by atoms with Gasteiger partial charge in [0.25, 0.3) is 5.91 Å². The van der Waals surface area contributed by atoms with Crippen molar-refractivity contribution in [3.05, 3.63) is 35.4 Å². The van der Waals surface area contributed by atoms with E-state index < -0.39 is 6.04 Å².